The van der Waals surface area contributed by atoms with Crippen molar-refractivity contribution in [1.29, 1.82) is 0 Å². The normalized spacial score (nSPS) is 34.0. The van der Waals surface area contributed by atoms with Gasteiger partial charge in [0.15, 0.2) is 0 Å². The first-order valence-electron chi connectivity index (χ1n) is 9.84. The predicted octanol–water partition coefficient (Wildman–Crippen LogP) is 6.24. The Kier molecular flexibility index (Phi) is 7.47. The van der Waals surface area contributed by atoms with Gasteiger partial charge in [-0.3, -0.25) is 0 Å². The molecule has 128 valence electrons. The molecule has 22 heavy (non-hydrogen) atoms. The van der Waals surface area contributed by atoms with Gasteiger partial charge >= 0.3 is 0 Å². The Hall–Kier alpha value is -0.300. The summed E-state index contributed by atoms with van der Waals surface area (Å²) >= 11 is 0. The SMILES string of the molecule is CC(C)CCC(C)COC1C=CC(C2CCC(C)CC2)CC1. The fraction of sp³-hybridized carbons (Fsp3) is 0.905. The molecule has 2 rings (SSSR count). The number of allylic oxidation sites excluding steroid dienone is 1. The van der Waals surface area contributed by atoms with Crippen molar-refractivity contribution in [2.45, 2.75) is 85.2 Å². The van der Waals surface area contributed by atoms with Crippen molar-refractivity contribution in [3.05, 3.63) is 12.2 Å². The van der Waals surface area contributed by atoms with Crippen LogP contribution in [0.2, 0.25) is 0 Å². The van der Waals surface area contributed by atoms with E-state index in [4.69, 9.17) is 4.74 Å². The van der Waals surface area contributed by atoms with E-state index in [2.05, 4.69) is 39.8 Å². The van der Waals surface area contributed by atoms with Crippen LogP contribution < -0.4 is 0 Å². The molecule has 1 saturated carbocycles. The average molecular weight is 307 g/mol. The Balaban J connectivity index is 1.66. The molecule has 1 heteroatoms. The second-order valence-electron chi connectivity index (χ2n) is 8.59. The lowest BCUT2D eigenvalue weighted by Gasteiger charge is -2.34. The van der Waals surface area contributed by atoms with E-state index in [9.17, 15) is 0 Å². The molecule has 1 fully saturated rings. The van der Waals surface area contributed by atoms with Gasteiger partial charge in [0.25, 0.3) is 0 Å². The second kappa shape index (κ2) is 9.11. The van der Waals surface area contributed by atoms with Crippen LogP contribution in [0, 0.1) is 29.6 Å². The molecular weight excluding hydrogens is 268 g/mol. The van der Waals surface area contributed by atoms with Gasteiger partial charge in [0, 0.05) is 6.61 Å². The monoisotopic (exact) mass is 306 g/mol. The standard InChI is InChI=1S/C21H38O/c1-16(2)5-6-18(4)15-22-21-13-11-20(12-14-21)19-9-7-17(3)8-10-19/h11,13,16-21H,5-10,12,14-15H2,1-4H3. The minimum Gasteiger partial charge on any atom is -0.374 e. The van der Waals surface area contributed by atoms with Gasteiger partial charge in [-0.15, -0.1) is 0 Å². The van der Waals surface area contributed by atoms with Gasteiger partial charge in [-0.1, -0.05) is 59.1 Å². The minimum atomic E-state index is 0.389. The zero-order valence-corrected chi connectivity index (χ0v) is 15.4. The number of hydrogen-bond donors (Lipinski definition) is 0. The molecule has 0 heterocycles. The molecule has 0 bridgehead atoms. The lowest BCUT2D eigenvalue weighted by atomic mass is 9.73. The van der Waals surface area contributed by atoms with Crippen molar-refractivity contribution < 1.29 is 4.74 Å². The smallest absolute Gasteiger partial charge is 0.0756 e. The molecule has 2 aliphatic rings. The van der Waals surface area contributed by atoms with Crippen LogP contribution in [0.4, 0.5) is 0 Å². The summed E-state index contributed by atoms with van der Waals surface area (Å²) in [5.74, 6) is 4.28. The summed E-state index contributed by atoms with van der Waals surface area (Å²) in [5, 5.41) is 0. The summed E-state index contributed by atoms with van der Waals surface area (Å²) in [6.07, 6.45) is 16.3. The van der Waals surface area contributed by atoms with Crippen LogP contribution >= 0.6 is 0 Å². The van der Waals surface area contributed by atoms with E-state index in [0.717, 1.165) is 30.3 Å². The molecule has 1 nitrogen and oxygen atoms in total. The lowest BCUT2D eigenvalue weighted by molar-refractivity contribution is 0.0429. The first-order chi connectivity index (χ1) is 10.5. The van der Waals surface area contributed by atoms with Crippen LogP contribution in [0.5, 0.6) is 0 Å². The third-order valence-corrected chi connectivity index (χ3v) is 5.86. The highest BCUT2D eigenvalue weighted by atomic mass is 16.5. The summed E-state index contributed by atoms with van der Waals surface area (Å²) in [5.41, 5.74) is 0. The Morgan fingerprint density at radius 2 is 1.64 bits per heavy atom. The Bertz CT molecular complexity index is 325. The fourth-order valence-corrected chi connectivity index (χ4v) is 4.05. The first-order valence-corrected chi connectivity index (χ1v) is 9.84. The third kappa shape index (κ3) is 6.07. The molecule has 3 atom stereocenters. The van der Waals surface area contributed by atoms with E-state index in [0.29, 0.717) is 12.0 Å². The van der Waals surface area contributed by atoms with E-state index < -0.39 is 0 Å². The van der Waals surface area contributed by atoms with Crippen molar-refractivity contribution in [2.75, 3.05) is 6.61 Å². The van der Waals surface area contributed by atoms with E-state index in [1.807, 2.05) is 0 Å². The highest BCUT2D eigenvalue weighted by Gasteiger charge is 2.27. The van der Waals surface area contributed by atoms with Crippen LogP contribution in [0.3, 0.4) is 0 Å². The fourth-order valence-electron chi connectivity index (χ4n) is 4.05. The van der Waals surface area contributed by atoms with Gasteiger partial charge < -0.3 is 4.74 Å². The molecule has 0 saturated heterocycles. The quantitative estimate of drug-likeness (QED) is 0.506. The van der Waals surface area contributed by atoms with Gasteiger partial charge in [0.05, 0.1) is 6.10 Å². The van der Waals surface area contributed by atoms with Gasteiger partial charge in [-0.05, 0) is 61.7 Å². The largest absolute Gasteiger partial charge is 0.374 e. The third-order valence-electron chi connectivity index (χ3n) is 5.86. The van der Waals surface area contributed by atoms with Crippen LogP contribution in [0.25, 0.3) is 0 Å². The molecule has 0 aromatic carbocycles. The Labute approximate surface area is 138 Å². The zero-order valence-electron chi connectivity index (χ0n) is 15.4. The van der Waals surface area contributed by atoms with Crippen molar-refractivity contribution in [1.82, 2.24) is 0 Å². The minimum absolute atomic E-state index is 0.389. The highest BCUT2D eigenvalue weighted by Crippen LogP contribution is 2.37. The van der Waals surface area contributed by atoms with Crippen molar-refractivity contribution in [2.24, 2.45) is 29.6 Å². The van der Waals surface area contributed by atoms with Crippen LogP contribution in [-0.2, 0) is 4.74 Å². The molecule has 3 unspecified atom stereocenters. The molecule has 0 aromatic heterocycles. The molecule has 0 aromatic rings. The Morgan fingerprint density at radius 3 is 2.23 bits per heavy atom. The summed E-state index contributed by atoms with van der Waals surface area (Å²) in [7, 11) is 0. The Morgan fingerprint density at radius 1 is 0.909 bits per heavy atom. The highest BCUT2D eigenvalue weighted by molar-refractivity contribution is 5.01. The van der Waals surface area contributed by atoms with Crippen molar-refractivity contribution >= 4 is 0 Å². The zero-order chi connectivity index (χ0) is 15.9. The van der Waals surface area contributed by atoms with E-state index in [1.54, 1.807) is 0 Å². The summed E-state index contributed by atoms with van der Waals surface area (Å²) in [4.78, 5) is 0. The maximum atomic E-state index is 6.14. The number of ether oxygens (including phenoxy) is 1. The first kappa shape index (κ1) is 18.0. The van der Waals surface area contributed by atoms with Crippen LogP contribution in [0.15, 0.2) is 12.2 Å². The molecule has 2 aliphatic carbocycles. The van der Waals surface area contributed by atoms with Gasteiger partial charge in [-0.25, -0.2) is 0 Å². The van der Waals surface area contributed by atoms with Crippen molar-refractivity contribution in [3.63, 3.8) is 0 Å². The maximum absolute atomic E-state index is 6.14. The molecule has 0 N–H and O–H groups in total. The second-order valence-corrected chi connectivity index (χ2v) is 8.59. The average Bonchev–Trinajstić information content (AvgIpc) is 2.52. The van der Waals surface area contributed by atoms with Crippen LogP contribution in [0.1, 0.15) is 79.1 Å². The summed E-state index contributed by atoms with van der Waals surface area (Å²) < 4.78 is 6.14. The molecule has 0 aliphatic heterocycles. The molecule has 0 amide bonds. The number of hydrogen-bond acceptors (Lipinski definition) is 1. The number of rotatable bonds is 7. The molecule has 0 radical (unpaired) electrons. The van der Waals surface area contributed by atoms with Crippen LogP contribution in [-0.4, -0.2) is 12.7 Å². The summed E-state index contributed by atoms with van der Waals surface area (Å²) in [6.45, 7) is 10.3. The maximum Gasteiger partial charge on any atom is 0.0756 e. The molecular formula is C21H38O. The van der Waals surface area contributed by atoms with E-state index in [1.165, 1.54) is 51.4 Å². The van der Waals surface area contributed by atoms with Gasteiger partial charge in [0.1, 0.15) is 0 Å². The van der Waals surface area contributed by atoms with Gasteiger partial charge in [0.2, 0.25) is 0 Å². The van der Waals surface area contributed by atoms with E-state index >= 15 is 0 Å². The van der Waals surface area contributed by atoms with Crippen molar-refractivity contribution in [3.8, 4) is 0 Å². The lowest BCUT2D eigenvalue weighted by Crippen LogP contribution is -2.25. The summed E-state index contributed by atoms with van der Waals surface area (Å²) in [6, 6.07) is 0. The molecule has 0 spiro atoms. The van der Waals surface area contributed by atoms with Gasteiger partial charge in [-0.2, -0.15) is 0 Å². The topological polar surface area (TPSA) is 9.23 Å². The predicted molar refractivity (Wildman–Crippen MR) is 96.0 cm³/mol. The van der Waals surface area contributed by atoms with E-state index in [-0.39, 0.29) is 0 Å².